The van der Waals surface area contributed by atoms with Crippen LogP contribution in [0.1, 0.15) is 11.5 Å². The monoisotopic (exact) mass is 384 g/mol. The second-order valence-corrected chi connectivity index (χ2v) is 6.17. The van der Waals surface area contributed by atoms with E-state index >= 15 is 0 Å². The van der Waals surface area contributed by atoms with Crippen LogP contribution in [-0.2, 0) is 22.3 Å². The molecule has 2 aromatic rings. The molecule has 1 fully saturated rings. The molecule has 0 unspecified atom stereocenters. The fourth-order valence-corrected chi connectivity index (χ4v) is 2.77. The minimum absolute atomic E-state index is 0.000721. The molecule has 0 radical (unpaired) electrons. The number of carbonyl (C=O) groups is 1. The van der Waals surface area contributed by atoms with E-state index in [1.165, 1.54) is 12.1 Å². The summed E-state index contributed by atoms with van der Waals surface area (Å²) in [6.07, 6.45) is -4.39. The maximum atomic E-state index is 12.6. The van der Waals surface area contributed by atoms with Gasteiger partial charge in [0.2, 0.25) is 17.6 Å². The summed E-state index contributed by atoms with van der Waals surface area (Å²) in [7, 11) is 1.59. The van der Waals surface area contributed by atoms with Gasteiger partial charge in [-0.2, -0.15) is 18.2 Å². The van der Waals surface area contributed by atoms with Gasteiger partial charge >= 0.3 is 6.18 Å². The van der Waals surface area contributed by atoms with Crippen LogP contribution in [0, 0.1) is 0 Å². The van der Waals surface area contributed by atoms with Crippen molar-refractivity contribution < 1.29 is 27.2 Å². The summed E-state index contributed by atoms with van der Waals surface area (Å²) in [5.41, 5.74) is -0.307. The third-order valence-electron chi connectivity index (χ3n) is 4.26. The summed E-state index contributed by atoms with van der Waals surface area (Å²) >= 11 is 0. The first-order chi connectivity index (χ1) is 12.9. The van der Waals surface area contributed by atoms with Gasteiger partial charge in [-0.1, -0.05) is 17.3 Å². The van der Waals surface area contributed by atoms with Gasteiger partial charge in [0, 0.05) is 32.3 Å². The maximum Gasteiger partial charge on any atom is 0.416 e. The highest BCUT2D eigenvalue weighted by Crippen LogP contribution is 2.30. The van der Waals surface area contributed by atoms with E-state index in [0.717, 1.165) is 12.1 Å². The van der Waals surface area contributed by atoms with Crippen molar-refractivity contribution in [3.8, 4) is 11.4 Å². The average molecular weight is 384 g/mol. The highest BCUT2D eigenvalue weighted by atomic mass is 19.4. The number of nitrogens with zero attached hydrogens (tertiary/aromatic N) is 4. The van der Waals surface area contributed by atoms with Crippen LogP contribution in [0.3, 0.4) is 0 Å². The number of carbonyl (C=O) groups excluding carboxylic acids is 1. The number of piperazine rings is 1. The van der Waals surface area contributed by atoms with Crippen LogP contribution in [0.2, 0.25) is 0 Å². The van der Waals surface area contributed by atoms with Crippen molar-refractivity contribution in [2.45, 2.75) is 12.7 Å². The Hall–Kier alpha value is -2.46. The molecule has 1 saturated heterocycles. The van der Waals surface area contributed by atoms with Crippen molar-refractivity contribution in [2.75, 3.05) is 39.9 Å². The fourth-order valence-electron chi connectivity index (χ4n) is 2.77. The van der Waals surface area contributed by atoms with Crippen LogP contribution < -0.4 is 0 Å². The molecule has 10 heteroatoms. The number of hydrogen-bond donors (Lipinski definition) is 0. The molecule has 2 heterocycles. The van der Waals surface area contributed by atoms with E-state index in [1.54, 1.807) is 12.0 Å². The molecular formula is C17H19F3N4O3. The average Bonchev–Trinajstić information content (AvgIpc) is 3.09. The molecule has 146 valence electrons. The highest BCUT2D eigenvalue weighted by Gasteiger charge is 2.30. The normalized spacial score (nSPS) is 16.1. The molecule has 1 amide bonds. The Morgan fingerprint density at radius 1 is 1.22 bits per heavy atom. The SMILES string of the molecule is COCCN1CCN(Cc2nc(-c3ccc(C(F)(F)F)cc3)no2)CC1=O. The van der Waals surface area contributed by atoms with Crippen molar-refractivity contribution >= 4 is 5.91 Å². The lowest BCUT2D eigenvalue weighted by Gasteiger charge is -2.33. The summed E-state index contributed by atoms with van der Waals surface area (Å²) < 4.78 is 48.0. The minimum Gasteiger partial charge on any atom is -0.383 e. The summed E-state index contributed by atoms with van der Waals surface area (Å²) in [5, 5.41) is 3.81. The van der Waals surface area contributed by atoms with E-state index in [-0.39, 0.29) is 18.3 Å². The number of alkyl halides is 3. The Balaban J connectivity index is 1.59. The molecule has 1 aromatic heterocycles. The molecule has 0 spiro atoms. The van der Waals surface area contributed by atoms with Gasteiger partial charge in [-0.05, 0) is 12.1 Å². The van der Waals surface area contributed by atoms with E-state index in [9.17, 15) is 18.0 Å². The zero-order chi connectivity index (χ0) is 19.4. The van der Waals surface area contributed by atoms with Gasteiger partial charge in [-0.25, -0.2) is 0 Å². The Labute approximate surface area is 153 Å². The molecule has 3 rings (SSSR count). The minimum atomic E-state index is -4.39. The quantitative estimate of drug-likeness (QED) is 0.759. The maximum absolute atomic E-state index is 12.6. The number of methoxy groups -OCH3 is 1. The zero-order valence-electron chi connectivity index (χ0n) is 14.7. The van der Waals surface area contributed by atoms with Gasteiger partial charge in [0.15, 0.2) is 0 Å². The van der Waals surface area contributed by atoms with Gasteiger partial charge in [-0.3, -0.25) is 9.69 Å². The van der Waals surface area contributed by atoms with Crippen molar-refractivity contribution in [2.24, 2.45) is 0 Å². The molecule has 0 N–H and O–H groups in total. The molecule has 0 aliphatic carbocycles. The van der Waals surface area contributed by atoms with Crippen molar-refractivity contribution in [1.29, 1.82) is 0 Å². The molecule has 1 aromatic carbocycles. The van der Waals surface area contributed by atoms with Crippen LogP contribution in [0.4, 0.5) is 13.2 Å². The second-order valence-electron chi connectivity index (χ2n) is 6.17. The third kappa shape index (κ3) is 4.83. The lowest BCUT2D eigenvalue weighted by molar-refractivity contribution is -0.138. The number of amides is 1. The highest BCUT2D eigenvalue weighted by molar-refractivity contribution is 5.79. The number of halogens is 3. The van der Waals surface area contributed by atoms with Gasteiger partial charge in [0.05, 0.1) is 25.3 Å². The van der Waals surface area contributed by atoms with Gasteiger partial charge in [0.25, 0.3) is 0 Å². The van der Waals surface area contributed by atoms with Gasteiger partial charge < -0.3 is 14.2 Å². The predicted molar refractivity (Wildman–Crippen MR) is 88.5 cm³/mol. The summed E-state index contributed by atoms with van der Waals surface area (Å²) in [4.78, 5) is 19.9. The van der Waals surface area contributed by atoms with E-state index < -0.39 is 11.7 Å². The predicted octanol–water partition coefficient (Wildman–Crippen LogP) is 2.05. The smallest absolute Gasteiger partial charge is 0.383 e. The zero-order valence-corrected chi connectivity index (χ0v) is 14.7. The largest absolute Gasteiger partial charge is 0.416 e. The lowest BCUT2D eigenvalue weighted by Crippen LogP contribution is -2.50. The topological polar surface area (TPSA) is 71.7 Å². The standard InChI is InChI=1S/C17H19F3N4O3/c1-26-9-8-24-7-6-23(11-15(24)25)10-14-21-16(22-27-14)12-2-4-13(5-3-12)17(18,19)20/h2-5H,6-11H2,1H3. The van der Waals surface area contributed by atoms with E-state index in [4.69, 9.17) is 9.26 Å². The molecule has 1 aliphatic heterocycles. The van der Waals surface area contributed by atoms with Crippen LogP contribution in [0.25, 0.3) is 11.4 Å². The van der Waals surface area contributed by atoms with Crippen LogP contribution in [-0.4, -0.2) is 65.7 Å². The summed E-state index contributed by atoms with van der Waals surface area (Å²) in [6, 6.07) is 4.55. The number of aromatic nitrogens is 2. The third-order valence-corrected chi connectivity index (χ3v) is 4.26. The number of hydrogen-bond acceptors (Lipinski definition) is 6. The van der Waals surface area contributed by atoms with Crippen molar-refractivity contribution in [3.05, 3.63) is 35.7 Å². The molecule has 0 bridgehead atoms. The summed E-state index contributed by atoms with van der Waals surface area (Å²) in [5.74, 6) is 0.521. The molecule has 0 atom stereocenters. The Bertz CT molecular complexity index is 776. The number of benzene rings is 1. The van der Waals surface area contributed by atoms with Crippen LogP contribution in [0.15, 0.2) is 28.8 Å². The van der Waals surface area contributed by atoms with E-state index in [2.05, 4.69) is 10.1 Å². The molecule has 0 saturated carbocycles. The van der Waals surface area contributed by atoms with Gasteiger partial charge in [-0.15, -0.1) is 0 Å². The van der Waals surface area contributed by atoms with E-state index in [0.29, 0.717) is 44.2 Å². The van der Waals surface area contributed by atoms with E-state index in [1.807, 2.05) is 4.90 Å². The Morgan fingerprint density at radius 3 is 2.59 bits per heavy atom. The number of rotatable bonds is 6. The first-order valence-corrected chi connectivity index (χ1v) is 8.36. The Morgan fingerprint density at radius 2 is 1.96 bits per heavy atom. The second kappa shape index (κ2) is 8.05. The molecule has 7 nitrogen and oxygen atoms in total. The van der Waals surface area contributed by atoms with Crippen LogP contribution in [0.5, 0.6) is 0 Å². The number of ether oxygens (including phenoxy) is 1. The summed E-state index contributed by atoms with van der Waals surface area (Å²) in [6.45, 7) is 2.84. The molecule has 1 aliphatic rings. The first kappa shape index (κ1) is 19.3. The fraction of sp³-hybridized carbons (Fsp3) is 0.471. The molecular weight excluding hydrogens is 365 g/mol. The Kier molecular flexibility index (Phi) is 5.76. The lowest BCUT2D eigenvalue weighted by atomic mass is 10.1. The van der Waals surface area contributed by atoms with Crippen molar-refractivity contribution in [3.63, 3.8) is 0 Å². The van der Waals surface area contributed by atoms with Crippen molar-refractivity contribution in [1.82, 2.24) is 19.9 Å². The van der Waals surface area contributed by atoms with Crippen LogP contribution >= 0.6 is 0 Å². The first-order valence-electron chi connectivity index (χ1n) is 8.36. The van der Waals surface area contributed by atoms with Gasteiger partial charge in [0.1, 0.15) is 0 Å². The molecule has 27 heavy (non-hydrogen) atoms.